The van der Waals surface area contributed by atoms with Crippen molar-refractivity contribution in [2.45, 2.75) is 38.3 Å². The first-order valence-electron chi connectivity index (χ1n) is 7.00. The fourth-order valence-electron chi connectivity index (χ4n) is 2.62. The van der Waals surface area contributed by atoms with Gasteiger partial charge in [0.1, 0.15) is 11.6 Å². The van der Waals surface area contributed by atoms with E-state index in [-0.39, 0.29) is 11.6 Å². The first-order chi connectivity index (χ1) is 9.49. The van der Waals surface area contributed by atoms with E-state index in [1.54, 1.807) is 7.05 Å². The van der Waals surface area contributed by atoms with Crippen molar-refractivity contribution in [2.24, 2.45) is 5.92 Å². The highest BCUT2D eigenvalue weighted by Crippen LogP contribution is 2.32. The lowest BCUT2D eigenvalue weighted by atomic mass is 10.0. The minimum Gasteiger partial charge on any atom is -0.373 e. The second-order valence-corrected chi connectivity index (χ2v) is 5.24. The van der Waals surface area contributed by atoms with Crippen molar-refractivity contribution in [1.82, 2.24) is 4.98 Å². The van der Waals surface area contributed by atoms with E-state index in [0.29, 0.717) is 12.5 Å². The number of hydrogen-bond donors (Lipinski definition) is 2. The molecule has 0 radical (unpaired) electrons. The van der Waals surface area contributed by atoms with E-state index >= 15 is 0 Å². The standard InChI is InChI=1S/C14H20F3N3/c1-18-12-8-11(14(15,16)17)9-13(20-12)19-7-6-10-4-2-3-5-10/h8-10H,2-7H2,1H3,(H2,18,19,20). The normalized spacial score (nSPS) is 16.4. The van der Waals surface area contributed by atoms with Gasteiger partial charge in [0.2, 0.25) is 0 Å². The lowest BCUT2D eigenvalue weighted by Gasteiger charge is -2.14. The molecular weight excluding hydrogens is 267 g/mol. The van der Waals surface area contributed by atoms with E-state index in [1.165, 1.54) is 25.7 Å². The second kappa shape index (κ2) is 6.33. The molecule has 1 heterocycles. The van der Waals surface area contributed by atoms with Gasteiger partial charge >= 0.3 is 6.18 Å². The van der Waals surface area contributed by atoms with E-state index in [0.717, 1.165) is 18.6 Å². The zero-order valence-electron chi connectivity index (χ0n) is 11.6. The van der Waals surface area contributed by atoms with Crippen LogP contribution >= 0.6 is 0 Å². The quantitative estimate of drug-likeness (QED) is 0.854. The highest BCUT2D eigenvalue weighted by Gasteiger charge is 2.31. The maximum Gasteiger partial charge on any atom is 0.416 e. The van der Waals surface area contributed by atoms with Gasteiger partial charge < -0.3 is 10.6 Å². The SMILES string of the molecule is CNc1cc(C(F)(F)F)cc(NCCC2CCCC2)n1. The zero-order valence-corrected chi connectivity index (χ0v) is 11.6. The summed E-state index contributed by atoms with van der Waals surface area (Å²) in [5, 5.41) is 5.67. The minimum absolute atomic E-state index is 0.225. The molecule has 0 unspecified atom stereocenters. The van der Waals surface area contributed by atoms with Crippen molar-refractivity contribution < 1.29 is 13.2 Å². The first kappa shape index (κ1) is 14.9. The van der Waals surface area contributed by atoms with Crippen LogP contribution in [-0.4, -0.2) is 18.6 Å². The van der Waals surface area contributed by atoms with Crippen molar-refractivity contribution in [3.63, 3.8) is 0 Å². The molecule has 1 aliphatic carbocycles. The molecule has 2 N–H and O–H groups in total. The Morgan fingerprint density at radius 3 is 2.45 bits per heavy atom. The third-order valence-corrected chi connectivity index (χ3v) is 3.74. The molecular formula is C14H20F3N3. The molecule has 0 spiro atoms. The number of aromatic nitrogens is 1. The third kappa shape index (κ3) is 4.02. The number of pyridine rings is 1. The van der Waals surface area contributed by atoms with E-state index in [2.05, 4.69) is 15.6 Å². The Bertz CT molecular complexity index is 440. The van der Waals surface area contributed by atoms with Gasteiger partial charge in [-0.2, -0.15) is 13.2 Å². The smallest absolute Gasteiger partial charge is 0.373 e. The Labute approximate surface area is 117 Å². The van der Waals surface area contributed by atoms with Crippen molar-refractivity contribution >= 4 is 11.6 Å². The van der Waals surface area contributed by atoms with Gasteiger partial charge in [0, 0.05) is 13.6 Å². The molecule has 0 aliphatic heterocycles. The molecule has 6 heteroatoms. The Morgan fingerprint density at radius 2 is 1.85 bits per heavy atom. The average Bonchev–Trinajstić information content (AvgIpc) is 2.90. The lowest BCUT2D eigenvalue weighted by molar-refractivity contribution is -0.137. The summed E-state index contributed by atoms with van der Waals surface area (Å²) in [5.41, 5.74) is -0.680. The molecule has 1 aromatic rings. The van der Waals surface area contributed by atoms with Crippen LogP contribution in [0.2, 0.25) is 0 Å². The Balaban J connectivity index is 1.98. The summed E-state index contributed by atoms with van der Waals surface area (Å²) < 4.78 is 38.3. The molecule has 3 nitrogen and oxygen atoms in total. The topological polar surface area (TPSA) is 37.0 Å². The molecule has 1 saturated carbocycles. The van der Waals surface area contributed by atoms with E-state index in [9.17, 15) is 13.2 Å². The van der Waals surface area contributed by atoms with E-state index in [1.807, 2.05) is 0 Å². The summed E-state index contributed by atoms with van der Waals surface area (Å²) in [4.78, 5) is 4.11. The molecule has 0 bridgehead atoms. The van der Waals surface area contributed by atoms with Gasteiger partial charge in [0.25, 0.3) is 0 Å². The molecule has 112 valence electrons. The molecule has 1 fully saturated rings. The molecule has 1 aromatic heterocycles. The van der Waals surface area contributed by atoms with Gasteiger partial charge in [-0.1, -0.05) is 25.7 Å². The number of nitrogens with one attached hydrogen (secondary N) is 2. The largest absolute Gasteiger partial charge is 0.416 e. The zero-order chi connectivity index (χ0) is 14.6. The van der Waals surface area contributed by atoms with E-state index < -0.39 is 11.7 Å². The lowest BCUT2D eigenvalue weighted by Crippen LogP contribution is -2.12. The van der Waals surface area contributed by atoms with Crippen molar-refractivity contribution in [3.05, 3.63) is 17.7 Å². The van der Waals surface area contributed by atoms with Gasteiger partial charge in [-0.25, -0.2) is 4.98 Å². The number of alkyl halides is 3. The maximum atomic E-state index is 12.8. The predicted molar refractivity (Wildman–Crippen MR) is 73.9 cm³/mol. The molecule has 0 aromatic carbocycles. The van der Waals surface area contributed by atoms with Crippen LogP contribution in [0.15, 0.2) is 12.1 Å². The average molecular weight is 287 g/mol. The Hall–Kier alpha value is -1.46. The third-order valence-electron chi connectivity index (χ3n) is 3.74. The fraction of sp³-hybridized carbons (Fsp3) is 0.643. The van der Waals surface area contributed by atoms with Gasteiger partial charge in [0.15, 0.2) is 0 Å². The summed E-state index contributed by atoms with van der Waals surface area (Å²) in [6, 6.07) is 2.08. The number of rotatable bonds is 5. The Morgan fingerprint density at radius 1 is 1.20 bits per heavy atom. The van der Waals surface area contributed by atoms with Crippen molar-refractivity contribution in [3.8, 4) is 0 Å². The summed E-state index contributed by atoms with van der Waals surface area (Å²) >= 11 is 0. The fourth-order valence-corrected chi connectivity index (χ4v) is 2.62. The monoisotopic (exact) mass is 287 g/mol. The number of nitrogens with zero attached hydrogens (tertiary/aromatic N) is 1. The van der Waals surface area contributed by atoms with Crippen LogP contribution in [0.5, 0.6) is 0 Å². The highest BCUT2D eigenvalue weighted by molar-refractivity contribution is 5.49. The van der Waals surface area contributed by atoms with Crippen molar-refractivity contribution in [1.29, 1.82) is 0 Å². The first-order valence-corrected chi connectivity index (χ1v) is 7.00. The van der Waals surface area contributed by atoms with Crippen molar-refractivity contribution in [2.75, 3.05) is 24.2 Å². The predicted octanol–water partition coefficient (Wildman–Crippen LogP) is 4.13. The van der Waals surface area contributed by atoms with Gasteiger partial charge in [0.05, 0.1) is 5.56 Å². The maximum absolute atomic E-state index is 12.8. The molecule has 2 rings (SSSR count). The summed E-state index contributed by atoms with van der Waals surface area (Å²) in [6.07, 6.45) is 1.66. The van der Waals surface area contributed by atoms with Gasteiger partial charge in [-0.3, -0.25) is 0 Å². The van der Waals surface area contributed by atoms with Crippen LogP contribution in [0.1, 0.15) is 37.7 Å². The number of halogens is 3. The molecule has 0 atom stereocenters. The molecule has 0 amide bonds. The summed E-state index contributed by atoms with van der Waals surface area (Å²) in [5.74, 6) is 1.21. The molecule has 1 aliphatic rings. The van der Waals surface area contributed by atoms with Crippen LogP contribution in [-0.2, 0) is 6.18 Å². The number of anilines is 2. The van der Waals surface area contributed by atoms with Crippen LogP contribution in [0.25, 0.3) is 0 Å². The van der Waals surface area contributed by atoms with Crippen LogP contribution in [0, 0.1) is 5.92 Å². The second-order valence-electron chi connectivity index (χ2n) is 5.24. The highest BCUT2D eigenvalue weighted by atomic mass is 19.4. The molecule has 0 saturated heterocycles. The minimum atomic E-state index is -4.35. The van der Waals surface area contributed by atoms with Crippen LogP contribution < -0.4 is 10.6 Å². The van der Waals surface area contributed by atoms with Crippen LogP contribution in [0.3, 0.4) is 0 Å². The van der Waals surface area contributed by atoms with E-state index in [4.69, 9.17) is 0 Å². The molecule has 20 heavy (non-hydrogen) atoms. The van der Waals surface area contributed by atoms with Gasteiger partial charge in [-0.15, -0.1) is 0 Å². The summed E-state index contributed by atoms with van der Waals surface area (Å²) in [7, 11) is 1.56. The number of hydrogen-bond acceptors (Lipinski definition) is 3. The Kier molecular flexibility index (Phi) is 4.73. The van der Waals surface area contributed by atoms with Crippen LogP contribution in [0.4, 0.5) is 24.8 Å². The summed E-state index contributed by atoms with van der Waals surface area (Å²) in [6.45, 7) is 0.669. The van der Waals surface area contributed by atoms with Gasteiger partial charge in [-0.05, 0) is 24.5 Å².